The fourth-order valence-electron chi connectivity index (χ4n) is 1.70. The Kier molecular flexibility index (Phi) is 6.98. The maximum atomic E-state index is 5.96. The predicted molar refractivity (Wildman–Crippen MR) is 74.5 cm³/mol. The number of rotatable bonds is 9. The highest BCUT2D eigenvalue weighted by Gasteiger charge is 2.07. The molecule has 1 rings (SSSR count). The van der Waals surface area contributed by atoms with E-state index >= 15 is 0 Å². The number of ether oxygens (including phenoxy) is 1. The second-order valence-electron chi connectivity index (χ2n) is 5.20. The second-order valence-corrected chi connectivity index (χ2v) is 5.20. The maximum absolute atomic E-state index is 5.96. The molecule has 0 aliphatic heterocycles. The van der Waals surface area contributed by atoms with Crippen molar-refractivity contribution in [2.75, 3.05) is 13.2 Å². The van der Waals surface area contributed by atoms with Gasteiger partial charge < -0.3 is 15.0 Å². The highest BCUT2D eigenvalue weighted by atomic mass is 16.5. The Morgan fingerprint density at radius 2 is 2.17 bits per heavy atom. The fraction of sp³-hybridized carbons (Fsp3) is 0.786. The highest BCUT2D eigenvalue weighted by molar-refractivity contribution is 4.94. The summed E-state index contributed by atoms with van der Waals surface area (Å²) in [7, 11) is 0. The molecule has 4 heteroatoms. The van der Waals surface area contributed by atoms with Crippen LogP contribution in [-0.4, -0.2) is 28.8 Å². The number of imidazole rings is 1. The highest BCUT2D eigenvalue weighted by Crippen LogP contribution is 2.04. The van der Waals surface area contributed by atoms with Gasteiger partial charge in [0.05, 0.1) is 6.61 Å². The molecule has 1 unspecified atom stereocenters. The van der Waals surface area contributed by atoms with E-state index in [-0.39, 0.29) is 6.04 Å². The average molecular weight is 253 g/mol. The van der Waals surface area contributed by atoms with Crippen molar-refractivity contribution in [1.82, 2.24) is 9.55 Å². The Balaban J connectivity index is 2.27. The molecule has 0 bridgehead atoms. The molecule has 18 heavy (non-hydrogen) atoms. The molecule has 1 atom stereocenters. The fourth-order valence-corrected chi connectivity index (χ4v) is 1.70. The summed E-state index contributed by atoms with van der Waals surface area (Å²) >= 11 is 0. The zero-order valence-corrected chi connectivity index (χ0v) is 11.9. The molecule has 0 aliphatic rings. The molecule has 1 heterocycles. The zero-order valence-electron chi connectivity index (χ0n) is 11.9. The van der Waals surface area contributed by atoms with Gasteiger partial charge in [-0.3, -0.25) is 0 Å². The van der Waals surface area contributed by atoms with Gasteiger partial charge in [0, 0.05) is 38.0 Å². The summed E-state index contributed by atoms with van der Waals surface area (Å²) in [6, 6.07) is 0.202. The lowest BCUT2D eigenvalue weighted by Crippen LogP contribution is -2.24. The van der Waals surface area contributed by atoms with Gasteiger partial charge in [-0.25, -0.2) is 4.98 Å². The summed E-state index contributed by atoms with van der Waals surface area (Å²) in [5.41, 5.74) is 5.96. The zero-order chi connectivity index (χ0) is 13.4. The van der Waals surface area contributed by atoms with E-state index in [1.165, 1.54) is 0 Å². The van der Waals surface area contributed by atoms with Gasteiger partial charge in [0.1, 0.15) is 5.82 Å². The first-order chi connectivity index (χ1) is 8.63. The van der Waals surface area contributed by atoms with E-state index in [0.29, 0.717) is 5.92 Å². The third kappa shape index (κ3) is 5.65. The van der Waals surface area contributed by atoms with Gasteiger partial charge in [0.25, 0.3) is 0 Å². The van der Waals surface area contributed by atoms with Crippen LogP contribution in [0, 0.1) is 5.92 Å². The summed E-state index contributed by atoms with van der Waals surface area (Å²) in [6.07, 6.45) is 6.79. The van der Waals surface area contributed by atoms with Crippen LogP contribution in [0.15, 0.2) is 12.4 Å². The van der Waals surface area contributed by atoms with E-state index in [4.69, 9.17) is 10.5 Å². The molecular weight excluding hydrogens is 226 g/mol. The lowest BCUT2D eigenvalue weighted by atomic mass is 10.1. The van der Waals surface area contributed by atoms with Crippen molar-refractivity contribution >= 4 is 0 Å². The van der Waals surface area contributed by atoms with Gasteiger partial charge >= 0.3 is 0 Å². The Labute approximate surface area is 111 Å². The largest absolute Gasteiger partial charge is 0.380 e. The van der Waals surface area contributed by atoms with Crippen molar-refractivity contribution < 1.29 is 4.74 Å². The molecule has 0 saturated carbocycles. The molecule has 0 amide bonds. The lowest BCUT2D eigenvalue weighted by Gasteiger charge is -2.12. The van der Waals surface area contributed by atoms with Crippen LogP contribution in [0.25, 0.3) is 0 Å². The Bertz CT molecular complexity index is 323. The Hall–Kier alpha value is -0.870. The standard InChI is InChI=1S/C14H27N3O/c1-4-13(15)11-14-16-6-7-17(14)8-10-18-9-5-12(2)3/h6-7,12-13H,4-5,8-11,15H2,1-3H3. The van der Waals surface area contributed by atoms with Gasteiger partial charge in [0.15, 0.2) is 0 Å². The van der Waals surface area contributed by atoms with E-state index in [9.17, 15) is 0 Å². The molecule has 0 spiro atoms. The summed E-state index contributed by atoms with van der Waals surface area (Å²) < 4.78 is 7.77. The van der Waals surface area contributed by atoms with Crippen molar-refractivity contribution in [3.8, 4) is 0 Å². The molecule has 0 fully saturated rings. The van der Waals surface area contributed by atoms with Crippen molar-refractivity contribution in [1.29, 1.82) is 0 Å². The average Bonchev–Trinajstić information content (AvgIpc) is 2.75. The van der Waals surface area contributed by atoms with Crippen LogP contribution < -0.4 is 5.73 Å². The smallest absolute Gasteiger partial charge is 0.110 e. The van der Waals surface area contributed by atoms with Crippen LogP contribution in [0.1, 0.15) is 39.4 Å². The molecule has 0 radical (unpaired) electrons. The van der Waals surface area contributed by atoms with Gasteiger partial charge in [0.2, 0.25) is 0 Å². The third-order valence-corrected chi connectivity index (χ3v) is 3.09. The summed E-state index contributed by atoms with van der Waals surface area (Å²) in [5.74, 6) is 1.77. The summed E-state index contributed by atoms with van der Waals surface area (Å²) in [5, 5.41) is 0. The second kappa shape index (κ2) is 8.27. The molecule has 104 valence electrons. The topological polar surface area (TPSA) is 53.1 Å². The van der Waals surface area contributed by atoms with Crippen LogP contribution in [0.3, 0.4) is 0 Å². The van der Waals surface area contributed by atoms with Crippen molar-refractivity contribution in [2.45, 2.75) is 52.6 Å². The summed E-state index contributed by atoms with van der Waals surface area (Å²) in [6.45, 7) is 8.98. The SMILES string of the molecule is CCC(N)Cc1nccn1CCOCCC(C)C. The van der Waals surface area contributed by atoms with Crippen molar-refractivity contribution in [3.63, 3.8) is 0 Å². The molecule has 2 N–H and O–H groups in total. The van der Waals surface area contributed by atoms with Crippen LogP contribution in [0.5, 0.6) is 0 Å². The number of hydrogen-bond acceptors (Lipinski definition) is 3. The van der Waals surface area contributed by atoms with Crippen LogP contribution in [-0.2, 0) is 17.7 Å². The third-order valence-electron chi connectivity index (χ3n) is 3.09. The van der Waals surface area contributed by atoms with E-state index in [1.54, 1.807) is 0 Å². The molecule has 0 saturated heterocycles. The molecule has 4 nitrogen and oxygen atoms in total. The van der Waals surface area contributed by atoms with Gasteiger partial charge in [-0.05, 0) is 18.8 Å². The molecule has 1 aromatic heterocycles. The molecule has 0 aliphatic carbocycles. The van der Waals surface area contributed by atoms with Crippen molar-refractivity contribution in [2.24, 2.45) is 11.7 Å². The van der Waals surface area contributed by atoms with Crippen molar-refractivity contribution in [3.05, 3.63) is 18.2 Å². The number of nitrogens with two attached hydrogens (primary N) is 1. The van der Waals surface area contributed by atoms with Gasteiger partial charge in [-0.2, -0.15) is 0 Å². The van der Waals surface area contributed by atoms with E-state index in [0.717, 1.165) is 44.8 Å². The Morgan fingerprint density at radius 3 is 2.83 bits per heavy atom. The number of aromatic nitrogens is 2. The maximum Gasteiger partial charge on any atom is 0.110 e. The number of hydrogen-bond donors (Lipinski definition) is 1. The monoisotopic (exact) mass is 253 g/mol. The first kappa shape index (κ1) is 15.2. The lowest BCUT2D eigenvalue weighted by molar-refractivity contribution is 0.115. The number of nitrogens with zero attached hydrogens (tertiary/aromatic N) is 2. The van der Waals surface area contributed by atoms with Gasteiger partial charge in [-0.1, -0.05) is 20.8 Å². The van der Waals surface area contributed by atoms with Crippen LogP contribution in [0.2, 0.25) is 0 Å². The Morgan fingerprint density at radius 1 is 1.39 bits per heavy atom. The first-order valence-corrected chi connectivity index (χ1v) is 6.96. The predicted octanol–water partition coefficient (Wildman–Crippen LogP) is 2.23. The van der Waals surface area contributed by atoms with Crippen LogP contribution in [0.4, 0.5) is 0 Å². The van der Waals surface area contributed by atoms with Gasteiger partial charge in [-0.15, -0.1) is 0 Å². The van der Waals surface area contributed by atoms with E-state index in [2.05, 4.69) is 30.3 Å². The minimum Gasteiger partial charge on any atom is -0.380 e. The summed E-state index contributed by atoms with van der Waals surface area (Å²) in [4.78, 5) is 4.36. The quantitative estimate of drug-likeness (QED) is 0.687. The normalized spacial score (nSPS) is 13.2. The first-order valence-electron chi connectivity index (χ1n) is 6.96. The van der Waals surface area contributed by atoms with Crippen LogP contribution >= 0.6 is 0 Å². The molecular formula is C14H27N3O. The molecule has 1 aromatic rings. The molecule has 0 aromatic carbocycles. The van der Waals surface area contributed by atoms with E-state index in [1.807, 2.05) is 12.4 Å². The minimum atomic E-state index is 0.202. The van der Waals surface area contributed by atoms with E-state index < -0.39 is 0 Å². The minimum absolute atomic E-state index is 0.202.